The van der Waals surface area contributed by atoms with E-state index in [1.807, 2.05) is 12.1 Å². The van der Waals surface area contributed by atoms with Gasteiger partial charge in [-0.2, -0.15) is 0 Å². The molecule has 0 saturated carbocycles. The largest absolute Gasteiger partial charge is 0.300 e. The lowest BCUT2D eigenvalue weighted by molar-refractivity contribution is -0.118. The molecule has 0 aliphatic heterocycles. The number of hydrogen-bond donors (Lipinski definition) is 0. The number of benzene rings is 1. The van der Waals surface area contributed by atoms with E-state index in [0.29, 0.717) is 18.6 Å². The van der Waals surface area contributed by atoms with Crippen molar-refractivity contribution in [3.8, 4) is 0 Å². The van der Waals surface area contributed by atoms with Gasteiger partial charge in [-0.1, -0.05) is 30.3 Å². The molecule has 1 rings (SSSR count). The Morgan fingerprint density at radius 3 is 2.73 bits per heavy atom. The van der Waals surface area contributed by atoms with Crippen LogP contribution in [0.15, 0.2) is 36.9 Å². The normalized spacial score (nSPS) is 9.93. The van der Waals surface area contributed by atoms with E-state index >= 15 is 0 Å². The van der Waals surface area contributed by atoms with Crippen molar-refractivity contribution in [3.05, 3.63) is 48.0 Å². The fourth-order valence-electron chi connectivity index (χ4n) is 1.55. The third-order valence-corrected chi connectivity index (χ3v) is 2.56. The van der Waals surface area contributed by atoms with E-state index < -0.39 is 0 Å². The summed E-state index contributed by atoms with van der Waals surface area (Å²) in [6.07, 6.45) is 4.75. The number of ketones is 1. The number of allylic oxidation sites excluding steroid dienone is 1. The highest BCUT2D eigenvalue weighted by Crippen LogP contribution is 2.10. The number of Topliss-reactive ketones (excluding diaryl/α,β-unsaturated/α-hetero) is 1. The Hall–Kier alpha value is -1.37. The highest BCUT2D eigenvalue weighted by atomic mass is 16.1. The molecule has 1 aromatic carbocycles. The first-order valence-corrected chi connectivity index (χ1v) is 5.41. The monoisotopic (exact) mass is 202 g/mol. The summed E-state index contributed by atoms with van der Waals surface area (Å²) in [6, 6.07) is 8.23. The third kappa shape index (κ3) is 4.11. The Bertz CT molecular complexity index is 339. The van der Waals surface area contributed by atoms with Crippen LogP contribution in [0.4, 0.5) is 0 Å². The molecule has 0 unspecified atom stereocenters. The van der Waals surface area contributed by atoms with Crippen molar-refractivity contribution in [1.82, 2.24) is 0 Å². The summed E-state index contributed by atoms with van der Waals surface area (Å²) in [6.45, 7) is 5.70. The molecule has 0 heterocycles. The van der Waals surface area contributed by atoms with E-state index in [1.165, 1.54) is 11.1 Å². The van der Waals surface area contributed by atoms with E-state index in [0.717, 1.165) is 12.8 Å². The van der Waals surface area contributed by atoms with Gasteiger partial charge in [0.2, 0.25) is 0 Å². The minimum atomic E-state index is 0.332. The summed E-state index contributed by atoms with van der Waals surface area (Å²) >= 11 is 0. The molecule has 0 bridgehead atoms. The van der Waals surface area contributed by atoms with Crippen molar-refractivity contribution < 1.29 is 4.79 Å². The molecule has 0 aromatic heterocycles. The van der Waals surface area contributed by atoms with Gasteiger partial charge in [-0.05, 0) is 30.9 Å². The van der Waals surface area contributed by atoms with Gasteiger partial charge in [-0.15, -0.1) is 6.58 Å². The Morgan fingerprint density at radius 1 is 1.33 bits per heavy atom. The van der Waals surface area contributed by atoms with Crippen LogP contribution < -0.4 is 0 Å². The van der Waals surface area contributed by atoms with E-state index in [2.05, 4.69) is 25.6 Å². The highest BCUT2D eigenvalue weighted by molar-refractivity contribution is 5.78. The van der Waals surface area contributed by atoms with Crippen molar-refractivity contribution in [2.45, 2.75) is 32.6 Å². The van der Waals surface area contributed by atoms with Crippen LogP contribution in [0.1, 0.15) is 30.4 Å². The molecule has 0 amide bonds. The molecule has 0 spiro atoms. The van der Waals surface area contributed by atoms with Gasteiger partial charge >= 0.3 is 0 Å². The Labute approximate surface area is 91.8 Å². The van der Waals surface area contributed by atoms with Crippen LogP contribution in [0.2, 0.25) is 0 Å². The lowest BCUT2D eigenvalue weighted by Gasteiger charge is -2.04. The molecule has 0 aliphatic carbocycles. The van der Waals surface area contributed by atoms with Crippen LogP contribution in [0, 0.1) is 6.92 Å². The van der Waals surface area contributed by atoms with E-state index in [9.17, 15) is 4.79 Å². The summed E-state index contributed by atoms with van der Waals surface area (Å²) in [5.74, 6) is 0.332. The lowest BCUT2D eigenvalue weighted by atomic mass is 10.0. The van der Waals surface area contributed by atoms with Gasteiger partial charge in [0.25, 0.3) is 0 Å². The summed E-state index contributed by atoms with van der Waals surface area (Å²) in [5, 5.41) is 0. The minimum absolute atomic E-state index is 0.332. The maximum absolute atomic E-state index is 11.4. The van der Waals surface area contributed by atoms with Crippen LogP contribution in [0.25, 0.3) is 0 Å². The number of carbonyl (C=O) groups excluding carboxylic acids is 1. The average Bonchev–Trinajstić information content (AvgIpc) is 2.25. The predicted octanol–water partition coefficient (Wildman–Crippen LogP) is 3.46. The summed E-state index contributed by atoms with van der Waals surface area (Å²) in [4.78, 5) is 11.4. The molecule has 15 heavy (non-hydrogen) atoms. The highest BCUT2D eigenvalue weighted by Gasteiger charge is 2.02. The van der Waals surface area contributed by atoms with Crippen molar-refractivity contribution in [3.63, 3.8) is 0 Å². The SMILES string of the molecule is C=CCCC(=O)CCc1ccccc1C. The van der Waals surface area contributed by atoms with Gasteiger partial charge in [-0.25, -0.2) is 0 Å². The van der Waals surface area contributed by atoms with Crippen molar-refractivity contribution in [1.29, 1.82) is 0 Å². The van der Waals surface area contributed by atoms with Gasteiger partial charge in [-0.3, -0.25) is 4.79 Å². The fraction of sp³-hybridized carbons (Fsp3) is 0.357. The maximum atomic E-state index is 11.4. The zero-order valence-electron chi connectivity index (χ0n) is 9.33. The van der Waals surface area contributed by atoms with Gasteiger partial charge in [0, 0.05) is 12.8 Å². The van der Waals surface area contributed by atoms with Gasteiger partial charge in [0.1, 0.15) is 5.78 Å². The predicted molar refractivity (Wildman–Crippen MR) is 63.9 cm³/mol. The summed E-state index contributed by atoms with van der Waals surface area (Å²) < 4.78 is 0. The van der Waals surface area contributed by atoms with Crippen LogP contribution in [-0.2, 0) is 11.2 Å². The van der Waals surface area contributed by atoms with E-state index in [1.54, 1.807) is 6.08 Å². The third-order valence-electron chi connectivity index (χ3n) is 2.56. The van der Waals surface area contributed by atoms with Crippen LogP contribution in [0.3, 0.4) is 0 Å². The zero-order chi connectivity index (χ0) is 11.1. The molecule has 1 aromatic rings. The Kier molecular flexibility index (Phi) is 4.82. The summed E-state index contributed by atoms with van der Waals surface area (Å²) in [5.41, 5.74) is 2.55. The molecule has 0 fully saturated rings. The molecule has 80 valence electrons. The second-order valence-electron chi connectivity index (χ2n) is 3.79. The second kappa shape index (κ2) is 6.18. The molecule has 0 radical (unpaired) electrons. The van der Waals surface area contributed by atoms with Gasteiger partial charge in [0.05, 0.1) is 0 Å². The number of aryl methyl sites for hydroxylation is 2. The summed E-state index contributed by atoms with van der Waals surface area (Å²) in [7, 11) is 0. The molecular weight excluding hydrogens is 184 g/mol. The molecule has 0 atom stereocenters. The molecule has 0 N–H and O–H groups in total. The number of hydrogen-bond acceptors (Lipinski definition) is 1. The van der Waals surface area contributed by atoms with Crippen LogP contribution >= 0.6 is 0 Å². The number of carbonyl (C=O) groups is 1. The number of rotatable bonds is 6. The lowest BCUT2D eigenvalue weighted by Crippen LogP contribution is -2.00. The first-order valence-electron chi connectivity index (χ1n) is 5.41. The first-order chi connectivity index (χ1) is 7.24. The van der Waals surface area contributed by atoms with Crippen molar-refractivity contribution >= 4 is 5.78 Å². The van der Waals surface area contributed by atoms with Crippen molar-refractivity contribution in [2.75, 3.05) is 0 Å². The molecular formula is C14H18O. The Balaban J connectivity index is 2.40. The maximum Gasteiger partial charge on any atom is 0.133 e. The standard InChI is InChI=1S/C14H18O/c1-3-4-9-14(15)11-10-13-8-6-5-7-12(13)2/h3,5-8H,1,4,9-11H2,2H3. The fourth-order valence-corrected chi connectivity index (χ4v) is 1.55. The zero-order valence-corrected chi connectivity index (χ0v) is 9.33. The van der Waals surface area contributed by atoms with E-state index in [4.69, 9.17) is 0 Å². The topological polar surface area (TPSA) is 17.1 Å². The molecule has 1 nitrogen and oxygen atoms in total. The molecule has 0 saturated heterocycles. The smallest absolute Gasteiger partial charge is 0.133 e. The Morgan fingerprint density at radius 2 is 2.07 bits per heavy atom. The van der Waals surface area contributed by atoms with Crippen LogP contribution in [0.5, 0.6) is 0 Å². The minimum Gasteiger partial charge on any atom is -0.300 e. The molecule has 0 aliphatic rings. The van der Waals surface area contributed by atoms with Gasteiger partial charge in [0.15, 0.2) is 0 Å². The second-order valence-corrected chi connectivity index (χ2v) is 3.79. The van der Waals surface area contributed by atoms with Gasteiger partial charge < -0.3 is 0 Å². The van der Waals surface area contributed by atoms with Crippen LogP contribution in [-0.4, -0.2) is 5.78 Å². The van der Waals surface area contributed by atoms with Crippen molar-refractivity contribution in [2.24, 2.45) is 0 Å². The first kappa shape index (κ1) is 11.7. The van der Waals surface area contributed by atoms with E-state index in [-0.39, 0.29) is 0 Å². The average molecular weight is 202 g/mol. The molecule has 1 heteroatoms. The quantitative estimate of drug-likeness (QED) is 0.646.